The Labute approximate surface area is 123 Å². The van der Waals surface area contributed by atoms with Gasteiger partial charge in [0.2, 0.25) is 0 Å². The normalized spacial score (nSPS) is 22.1. The number of aromatic nitrogens is 1. The van der Waals surface area contributed by atoms with Gasteiger partial charge in [-0.05, 0) is 32.4 Å². The number of nitrogens with one attached hydrogen (secondary N) is 2. The summed E-state index contributed by atoms with van der Waals surface area (Å²) in [6.45, 7) is 3.15. The first-order chi connectivity index (χ1) is 10.1. The van der Waals surface area contributed by atoms with Gasteiger partial charge in [-0.2, -0.15) is 0 Å². The van der Waals surface area contributed by atoms with Gasteiger partial charge in [-0.1, -0.05) is 18.2 Å². The van der Waals surface area contributed by atoms with Crippen molar-refractivity contribution in [3.63, 3.8) is 0 Å². The average Bonchev–Trinajstić information content (AvgIpc) is 2.47. The lowest BCUT2D eigenvalue weighted by Crippen LogP contribution is -2.41. The van der Waals surface area contributed by atoms with Crippen molar-refractivity contribution in [3.8, 4) is 0 Å². The Kier molecular flexibility index (Phi) is 3.75. The Balaban J connectivity index is 2.01. The molecule has 0 bridgehead atoms. The predicted molar refractivity (Wildman–Crippen MR) is 84.4 cm³/mol. The van der Waals surface area contributed by atoms with E-state index in [1.54, 1.807) is 6.20 Å². The monoisotopic (exact) mass is 284 g/mol. The number of carbonyl (C=O) groups excluding carboxylic acids is 1. The van der Waals surface area contributed by atoms with Crippen molar-refractivity contribution < 1.29 is 4.79 Å². The van der Waals surface area contributed by atoms with E-state index in [-0.39, 0.29) is 0 Å². The number of amides is 1. The molecule has 5 heteroatoms. The molecule has 1 fully saturated rings. The molecule has 0 aliphatic carbocycles. The minimum atomic E-state index is -0.447. The molecule has 1 aliphatic heterocycles. The fourth-order valence-corrected chi connectivity index (χ4v) is 2.95. The number of anilines is 1. The van der Waals surface area contributed by atoms with Gasteiger partial charge in [0.15, 0.2) is 0 Å². The number of nitrogens with zero attached hydrogens (tertiary/aromatic N) is 1. The number of benzene rings is 1. The van der Waals surface area contributed by atoms with E-state index in [1.807, 2.05) is 24.3 Å². The second-order valence-corrected chi connectivity index (χ2v) is 5.65. The van der Waals surface area contributed by atoms with Crippen LogP contribution >= 0.6 is 0 Å². The van der Waals surface area contributed by atoms with Crippen molar-refractivity contribution in [2.24, 2.45) is 5.73 Å². The summed E-state index contributed by atoms with van der Waals surface area (Å²) in [5.74, 6) is -0.447. The number of nitrogens with two attached hydrogens (primary N) is 1. The van der Waals surface area contributed by atoms with Gasteiger partial charge in [0.1, 0.15) is 0 Å². The molecule has 2 unspecified atom stereocenters. The maximum Gasteiger partial charge on any atom is 0.252 e. The third-order valence-corrected chi connectivity index (χ3v) is 4.01. The molecule has 2 atom stereocenters. The summed E-state index contributed by atoms with van der Waals surface area (Å²) in [5, 5.41) is 7.90. The minimum Gasteiger partial charge on any atom is -0.381 e. The highest BCUT2D eigenvalue weighted by molar-refractivity contribution is 6.06. The Morgan fingerprint density at radius 1 is 1.43 bits per heavy atom. The van der Waals surface area contributed by atoms with E-state index in [0.29, 0.717) is 17.6 Å². The molecule has 3 rings (SSSR count). The minimum absolute atomic E-state index is 0.338. The van der Waals surface area contributed by atoms with Crippen molar-refractivity contribution in [3.05, 3.63) is 36.0 Å². The summed E-state index contributed by atoms with van der Waals surface area (Å²) in [4.78, 5) is 16.0. The van der Waals surface area contributed by atoms with E-state index in [2.05, 4.69) is 22.5 Å². The third-order valence-electron chi connectivity index (χ3n) is 4.01. The first-order valence-electron chi connectivity index (χ1n) is 7.32. The average molecular weight is 284 g/mol. The van der Waals surface area contributed by atoms with Crippen LogP contribution in [0.25, 0.3) is 10.9 Å². The molecule has 110 valence electrons. The Hall–Kier alpha value is -2.14. The molecule has 1 aromatic heterocycles. The molecule has 4 N–H and O–H groups in total. The van der Waals surface area contributed by atoms with Gasteiger partial charge in [-0.3, -0.25) is 9.78 Å². The highest BCUT2D eigenvalue weighted by Crippen LogP contribution is 2.28. The molecule has 1 amide bonds. The van der Waals surface area contributed by atoms with E-state index in [0.717, 1.165) is 36.0 Å². The number of fused-ring (bicyclic) bond motifs is 1. The zero-order chi connectivity index (χ0) is 14.8. The second-order valence-electron chi connectivity index (χ2n) is 5.65. The second kappa shape index (κ2) is 5.69. The van der Waals surface area contributed by atoms with Gasteiger partial charge < -0.3 is 16.4 Å². The first kappa shape index (κ1) is 13.8. The quantitative estimate of drug-likeness (QED) is 0.804. The lowest BCUT2D eigenvalue weighted by atomic mass is 9.99. The summed E-state index contributed by atoms with van der Waals surface area (Å²) < 4.78 is 0. The van der Waals surface area contributed by atoms with Crippen molar-refractivity contribution in [1.82, 2.24) is 10.3 Å². The molecular formula is C16H20N4O. The maximum atomic E-state index is 11.7. The number of hydrogen-bond donors (Lipinski definition) is 3. The van der Waals surface area contributed by atoms with Gasteiger partial charge in [-0.25, -0.2) is 0 Å². The molecule has 0 radical (unpaired) electrons. The molecule has 2 aromatic rings. The highest BCUT2D eigenvalue weighted by Gasteiger charge is 2.21. The van der Waals surface area contributed by atoms with Gasteiger partial charge in [0.25, 0.3) is 5.91 Å². The number of piperidine rings is 1. The van der Waals surface area contributed by atoms with Crippen LogP contribution in [0.2, 0.25) is 0 Å². The molecular weight excluding hydrogens is 264 g/mol. The predicted octanol–water partition coefficient (Wildman–Crippen LogP) is 1.89. The van der Waals surface area contributed by atoms with Gasteiger partial charge in [0, 0.05) is 23.7 Å². The number of para-hydroxylation sites is 1. The van der Waals surface area contributed by atoms with Crippen LogP contribution < -0.4 is 16.4 Å². The highest BCUT2D eigenvalue weighted by atomic mass is 16.1. The largest absolute Gasteiger partial charge is 0.381 e. The molecule has 1 aliphatic rings. The number of pyridine rings is 1. The van der Waals surface area contributed by atoms with Crippen LogP contribution in [0.4, 0.5) is 5.69 Å². The van der Waals surface area contributed by atoms with Crippen molar-refractivity contribution >= 4 is 22.5 Å². The fraction of sp³-hybridized carbons (Fsp3) is 0.375. The zero-order valence-corrected chi connectivity index (χ0v) is 12.1. The molecule has 5 nitrogen and oxygen atoms in total. The SMILES string of the molecule is CC1CC(Nc2c(C(N)=O)cnc3ccccc23)CCN1. The lowest BCUT2D eigenvalue weighted by molar-refractivity contribution is 0.100. The van der Waals surface area contributed by atoms with Crippen molar-refractivity contribution in [2.75, 3.05) is 11.9 Å². The summed E-state index contributed by atoms with van der Waals surface area (Å²) in [6, 6.07) is 8.62. The van der Waals surface area contributed by atoms with Crippen LogP contribution in [0.5, 0.6) is 0 Å². The number of rotatable bonds is 3. The van der Waals surface area contributed by atoms with E-state index < -0.39 is 5.91 Å². The van der Waals surface area contributed by atoms with Gasteiger partial charge in [-0.15, -0.1) is 0 Å². The van der Waals surface area contributed by atoms with Crippen LogP contribution in [0.15, 0.2) is 30.5 Å². The Bertz CT molecular complexity index is 670. The van der Waals surface area contributed by atoms with E-state index >= 15 is 0 Å². The molecule has 2 heterocycles. The zero-order valence-electron chi connectivity index (χ0n) is 12.1. The van der Waals surface area contributed by atoms with Crippen molar-refractivity contribution in [2.45, 2.75) is 31.8 Å². The van der Waals surface area contributed by atoms with Gasteiger partial charge >= 0.3 is 0 Å². The van der Waals surface area contributed by atoms with Crippen LogP contribution in [-0.4, -0.2) is 29.5 Å². The molecule has 1 aromatic carbocycles. The molecule has 0 saturated carbocycles. The van der Waals surface area contributed by atoms with E-state index in [9.17, 15) is 4.79 Å². The van der Waals surface area contributed by atoms with Crippen LogP contribution in [-0.2, 0) is 0 Å². The van der Waals surface area contributed by atoms with Crippen LogP contribution in [0, 0.1) is 0 Å². The fourth-order valence-electron chi connectivity index (χ4n) is 2.95. The van der Waals surface area contributed by atoms with Crippen LogP contribution in [0.1, 0.15) is 30.1 Å². The Morgan fingerprint density at radius 3 is 3.00 bits per heavy atom. The number of carbonyl (C=O) groups is 1. The Morgan fingerprint density at radius 2 is 2.24 bits per heavy atom. The van der Waals surface area contributed by atoms with E-state index in [1.165, 1.54) is 0 Å². The molecule has 1 saturated heterocycles. The van der Waals surface area contributed by atoms with Crippen LogP contribution in [0.3, 0.4) is 0 Å². The maximum absolute atomic E-state index is 11.7. The first-order valence-corrected chi connectivity index (χ1v) is 7.32. The topological polar surface area (TPSA) is 80.0 Å². The summed E-state index contributed by atoms with van der Waals surface area (Å²) >= 11 is 0. The molecule has 21 heavy (non-hydrogen) atoms. The smallest absolute Gasteiger partial charge is 0.252 e. The van der Waals surface area contributed by atoms with E-state index in [4.69, 9.17) is 5.73 Å². The summed E-state index contributed by atoms with van der Waals surface area (Å²) in [5.41, 5.74) is 7.64. The number of primary amides is 1. The lowest BCUT2D eigenvalue weighted by Gasteiger charge is -2.30. The van der Waals surface area contributed by atoms with Crippen molar-refractivity contribution in [1.29, 1.82) is 0 Å². The third kappa shape index (κ3) is 2.83. The van der Waals surface area contributed by atoms with Gasteiger partial charge in [0.05, 0.1) is 16.8 Å². The molecule has 0 spiro atoms. The number of hydrogen-bond acceptors (Lipinski definition) is 4. The standard InChI is InChI=1S/C16H20N4O/c1-10-8-11(6-7-18-10)20-15-12-4-2-3-5-14(12)19-9-13(15)16(17)21/h2-5,9-11,18H,6-8H2,1H3,(H2,17,21)(H,19,20). The summed E-state index contributed by atoms with van der Waals surface area (Å²) in [7, 11) is 0. The summed E-state index contributed by atoms with van der Waals surface area (Å²) in [6.07, 6.45) is 3.62.